The first-order valence-corrected chi connectivity index (χ1v) is 8.09. The van der Waals surface area contributed by atoms with Crippen molar-refractivity contribution in [2.75, 3.05) is 13.2 Å². The molecule has 2 unspecified atom stereocenters. The minimum Gasteiger partial charge on any atom is -0.466 e. The lowest BCUT2D eigenvalue weighted by Gasteiger charge is -2.25. The highest BCUT2D eigenvalue weighted by Gasteiger charge is 2.37. The molecule has 0 radical (unpaired) electrons. The normalized spacial score (nSPS) is 23.9. The van der Waals surface area contributed by atoms with Crippen molar-refractivity contribution in [3.63, 3.8) is 0 Å². The molecule has 0 spiro atoms. The van der Waals surface area contributed by atoms with Gasteiger partial charge in [-0.05, 0) is 51.2 Å². The molecule has 1 aromatic heterocycles. The van der Waals surface area contributed by atoms with Gasteiger partial charge in [0, 0.05) is 18.3 Å². The van der Waals surface area contributed by atoms with Crippen LogP contribution in [-0.4, -0.2) is 40.9 Å². The van der Waals surface area contributed by atoms with E-state index < -0.39 is 0 Å². The highest BCUT2D eigenvalue weighted by molar-refractivity contribution is 6.08. The van der Waals surface area contributed by atoms with E-state index in [4.69, 9.17) is 9.84 Å². The third-order valence-corrected chi connectivity index (χ3v) is 4.43. The maximum atomic E-state index is 11.9. The quantitative estimate of drug-likeness (QED) is 0.619. The van der Waals surface area contributed by atoms with Crippen molar-refractivity contribution in [3.05, 3.63) is 29.6 Å². The molecule has 22 heavy (non-hydrogen) atoms. The standard InChI is InChI=1S/C17H23N3O2/c1-3-22-17(21)10-16(15-6-4-5-12(2)18-15)19-20-11-13-7-8-14(20)9-13/h4-6,13-14H,3,7-11H2,1-2H3/b19-16-. The number of hydrogen-bond acceptors (Lipinski definition) is 5. The number of nitrogens with zero attached hydrogens (tertiary/aromatic N) is 3. The summed E-state index contributed by atoms with van der Waals surface area (Å²) in [5.74, 6) is 0.525. The van der Waals surface area contributed by atoms with Crippen LogP contribution in [0.15, 0.2) is 23.3 Å². The smallest absolute Gasteiger partial charge is 0.312 e. The summed E-state index contributed by atoms with van der Waals surface area (Å²) in [7, 11) is 0. The number of aryl methyl sites for hydroxylation is 1. The van der Waals surface area contributed by atoms with E-state index in [0.717, 1.165) is 29.6 Å². The summed E-state index contributed by atoms with van der Waals surface area (Å²) in [6, 6.07) is 6.35. The number of carbonyl (C=O) groups is 1. The average molecular weight is 301 g/mol. The van der Waals surface area contributed by atoms with Gasteiger partial charge in [0.1, 0.15) is 0 Å². The number of rotatable bonds is 5. The van der Waals surface area contributed by atoms with Gasteiger partial charge in [-0.15, -0.1) is 0 Å². The van der Waals surface area contributed by atoms with Crippen LogP contribution < -0.4 is 0 Å². The Bertz CT molecular complexity index is 585. The van der Waals surface area contributed by atoms with Crippen molar-refractivity contribution in [1.29, 1.82) is 0 Å². The van der Waals surface area contributed by atoms with Crippen LogP contribution in [-0.2, 0) is 9.53 Å². The maximum absolute atomic E-state index is 11.9. The van der Waals surface area contributed by atoms with Gasteiger partial charge < -0.3 is 4.74 Å². The maximum Gasteiger partial charge on any atom is 0.312 e. The van der Waals surface area contributed by atoms with E-state index in [1.165, 1.54) is 19.3 Å². The minimum absolute atomic E-state index is 0.179. The van der Waals surface area contributed by atoms with Crippen LogP contribution in [0.4, 0.5) is 0 Å². The van der Waals surface area contributed by atoms with Crippen molar-refractivity contribution in [1.82, 2.24) is 9.99 Å². The molecule has 2 bridgehead atoms. The van der Waals surface area contributed by atoms with Gasteiger partial charge in [-0.2, -0.15) is 5.10 Å². The van der Waals surface area contributed by atoms with Crippen molar-refractivity contribution in [3.8, 4) is 0 Å². The van der Waals surface area contributed by atoms with Crippen LogP contribution in [0.5, 0.6) is 0 Å². The van der Waals surface area contributed by atoms with Crippen LogP contribution in [0, 0.1) is 12.8 Å². The predicted molar refractivity (Wildman–Crippen MR) is 84.6 cm³/mol. The molecule has 0 N–H and O–H groups in total. The molecule has 5 heteroatoms. The van der Waals surface area contributed by atoms with Gasteiger partial charge in [0.25, 0.3) is 0 Å². The molecule has 0 aromatic carbocycles. The zero-order valence-corrected chi connectivity index (χ0v) is 13.3. The molecule has 2 atom stereocenters. The van der Waals surface area contributed by atoms with Crippen LogP contribution >= 0.6 is 0 Å². The van der Waals surface area contributed by atoms with E-state index in [0.29, 0.717) is 12.6 Å². The highest BCUT2D eigenvalue weighted by Crippen LogP contribution is 2.37. The van der Waals surface area contributed by atoms with Gasteiger partial charge in [0.2, 0.25) is 0 Å². The van der Waals surface area contributed by atoms with E-state index in [1.54, 1.807) is 0 Å². The number of hydrazone groups is 1. The lowest BCUT2D eigenvalue weighted by atomic mass is 10.1. The molecule has 0 amide bonds. The first kappa shape index (κ1) is 15.0. The van der Waals surface area contributed by atoms with Gasteiger partial charge in [-0.3, -0.25) is 14.8 Å². The van der Waals surface area contributed by atoms with Gasteiger partial charge in [0.15, 0.2) is 0 Å². The van der Waals surface area contributed by atoms with Crippen LogP contribution in [0.25, 0.3) is 0 Å². The van der Waals surface area contributed by atoms with Crippen LogP contribution in [0.1, 0.15) is 44.0 Å². The van der Waals surface area contributed by atoms with Crippen LogP contribution in [0.2, 0.25) is 0 Å². The minimum atomic E-state index is -0.242. The lowest BCUT2D eigenvalue weighted by molar-refractivity contribution is -0.141. The Balaban J connectivity index is 1.84. The summed E-state index contributed by atoms with van der Waals surface area (Å²) in [6.45, 7) is 5.16. The van der Waals surface area contributed by atoms with Gasteiger partial charge in [-0.25, -0.2) is 0 Å². The molecule has 1 saturated heterocycles. The van der Waals surface area contributed by atoms with Gasteiger partial charge >= 0.3 is 5.97 Å². The van der Waals surface area contributed by atoms with Crippen molar-refractivity contribution < 1.29 is 9.53 Å². The predicted octanol–water partition coefficient (Wildman–Crippen LogP) is 2.53. The molecule has 1 aliphatic carbocycles. The largest absolute Gasteiger partial charge is 0.466 e. The SMILES string of the molecule is CCOC(=O)C/C(=N/N1CC2CCC1C2)c1cccc(C)n1. The summed E-state index contributed by atoms with van der Waals surface area (Å²) in [6.07, 6.45) is 3.93. The summed E-state index contributed by atoms with van der Waals surface area (Å²) in [4.78, 5) is 16.4. The molecular weight excluding hydrogens is 278 g/mol. The topological polar surface area (TPSA) is 54.8 Å². The number of carbonyl (C=O) groups excluding carboxylic acids is 1. The Morgan fingerprint density at radius 3 is 2.95 bits per heavy atom. The van der Waals surface area contributed by atoms with E-state index in [-0.39, 0.29) is 12.4 Å². The number of esters is 1. The Labute approximate surface area is 131 Å². The zero-order valence-electron chi connectivity index (χ0n) is 13.3. The summed E-state index contributed by atoms with van der Waals surface area (Å²) in [5, 5.41) is 6.94. The molecule has 1 aliphatic heterocycles. The fraction of sp³-hybridized carbons (Fsp3) is 0.588. The van der Waals surface area contributed by atoms with Gasteiger partial charge in [0.05, 0.1) is 24.4 Å². The number of aromatic nitrogens is 1. The lowest BCUT2D eigenvalue weighted by Crippen LogP contribution is -2.29. The molecule has 118 valence electrons. The Hall–Kier alpha value is -1.91. The summed E-state index contributed by atoms with van der Waals surface area (Å²) < 4.78 is 5.08. The first-order valence-electron chi connectivity index (χ1n) is 8.09. The first-order chi connectivity index (χ1) is 10.7. The molecule has 1 saturated carbocycles. The molecule has 1 aromatic rings. The average Bonchev–Trinajstić information content (AvgIpc) is 3.09. The Morgan fingerprint density at radius 1 is 1.45 bits per heavy atom. The van der Waals surface area contributed by atoms with E-state index in [2.05, 4.69) is 9.99 Å². The second-order valence-electron chi connectivity index (χ2n) is 6.15. The molecular formula is C17H23N3O2. The van der Waals surface area contributed by atoms with Crippen molar-refractivity contribution >= 4 is 11.7 Å². The molecule has 5 nitrogen and oxygen atoms in total. The second-order valence-corrected chi connectivity index (χ2v) is 6.15. The number of fused-ring (bicyclic) bond motifs is 2. The van der Waals surface area contributed by atoms with Gasteiger partial charge in [-0.1, -0.05) is 6.07 Å². The van der Waals surface area contributed by atoms with Crippen molar-refractivity contribution in [2.45, 2.75) is 45.6 Å². The number of hydrogen-bond donors (Lipinski definition) is 0. The third kappa shape index (κ3) is 3.29. The Kier molecular flexibility index (Phi) is 4.41. The van der Waals surface area contributed by atoms with Crippen LogP contribution in [0.3, 0.4) is 0 Å². The fourth-order valence-corrected chi connectivity index (χ4v) is 3.41. The zero-order chi connectivity index (χ0) is 15.5. The van der Waals surface area contributed by atoms with E-state index in [1.807, 2.05) is 32.0 Å². The highest BCUT2D eigenvalue weighted by atomic mass is 16.5. The number of pyridine rings is 1. The summed E-state index contributed by atoms with van der Waals surface area (Å²) in [5.41, 5.74) is 2.42. The number of piperidine rings is 1. The van der Waals surface area contributed by atoms with E-state index >= 15 is 0 Å². The Morgan fingerprint density at radius 2 is 2.32 bits per heavy atom. The van der Waals surface area contributed by atoms with Crippen molar-refractivity contribution in [2.24, 2.45) is 11.0 Å². The molecule has 2 aliphatic rings. The molecule has 3 rings (SSSR count). The molecule has 2 fully saturated rings. The van der Waals surface area contributed by atoms with E-state index in [9.17, 15) is 4.79 Å². The monoisotopic (exact) mass is 301 g/mol. The fourth-order valence-electron chi connectivity index (χ4n) is 3.41. The number of ether oxygens (including phenoxy) is 1. The third-order valence-electron chi connectivity index (χ3n) is 4.43. The summed E-state index contributed by atoms with van der Waals surface area (Å²) >= 11 is 0. The molecule has 2 heterocycles. The second kappa shape index (κ2) is 6.46.